The first-order valence-corrected chi connectivity index (χ1v) is 12.8. The number of carbonyl (C=O) groups is 2. The molecule has 0 radical (unpaired) electrons. The molecule has 4 heterocycles. The van der Waals surface area contributed by atoms with Gasteiger partial charge in [-0.15, -0.1) is 11.6 Å². The number of aromatic nitrogens is 3. The number of benzene rings is 3. The summed E-state index contributed by atoms with van der Waals surface area (Å²) in [7, 11) is 0. The van der Waals surface area contributed by atoms with Crippen LogP contribution in [0.4, 0.5) is 11.4 Å². The zero-order chi connectivity index (χ0) is 26.0. The number of halogens is 1. The van der Waals surface area contributed by atoms with E-state index in [-0.39, 0.29) is 23.5 Å². The highest BCUT2D eigenvalue weighted by Gasteiger charge is 2.35. The van der Waals surface area contributed by atoms with Gasteiger partial charge in [-0.1, -0.05) is 18.2 Å². The van der Waals surface area contributed by atoms with E-state index in [1.807, 2.05) is 48.5 Å². The Morgan fingerprint density at radius 2 is 1.76 bits per heavy atom. The van der Waals surface area contributed by atoms with Crippen molar-refractivity contribution < 1.29 is 14.7 Å². The summed E-state index contributed by atoms with van der Waals surface area (Å²) < 4.78 is 0. The first-order valence-electron chi connectivity index (χ1n) is 12.2. The molecule has 0 fully saturated rings. The van der Waals surface area contributed by atoms with Crippen LogP contribution in [0.1, 0.15) is 32.5 Å². The van der Waals surface area contributed by atoms with Crippen LogP contribution < -0.4 is 10.2 Å². The zero-order valence-electron chi connectivity index (χ0n) is 20.0. The third-order valence-corrected chi connectivity index (χ3v) is 7.63. The maximum Gasteiger partial charge on any atom is 0.274 e. The van der Waals surface area contributed by atoms with Crippen LogP contribution in [0.15, 0.2) is 72.9 Å². The molecule has 6 aromatic rings. The van der Waals surface area contributed by atoms with Gasteiger partial charge in [-0.3, -0.25) is 9.59 Å². The molecule has 8 nitrogen and oxygen atoms in total. The lowest BCUT2D eigenvalue weighted by molar-refractivity contribution is 0.0983. The number of H-pyrrole nitrogens is 3. The van der Waals surface area contributed by atoms with Gasteiger partial charge in [-0.05, 0) is 48.0 Å². The lowest BCUT2D eigenvalue weighted by atomic mass is 9.99. The van der Waals surface area contributed by atoms with E-state index in [2.05, 4.69) is 20.3 Å². The predicted molar refractivity (Wildman–Crippen MR) is 150 cm³/mol. The monoisotopic (exact) mass is 523 g/mol. The van der Waals surface area contributed by atoms with Crippen molar-refractivity contribution in [3.63, 3.8) is 0 Å². The summed E-state index contributed by atoms with van der Waals surface area (Å²) in [4.78, 5) is 37.5. The second-order valence-corrected chi connectivity index (χ2v) is 9.88. The number of rotatable bonds is 4. The number of aromatic hydroxyl groups is 1. The van der Waals surface area contributed by atoms with Crippen LogP contribution in [0.2, 0.25) is 0 Å². The number of amides is 2. The second-order valence-electron chi connectivity index (χ2n) is 9.57. The number of nitrogens with zero attached hydrogens (tertiary/aromatic N) is 1. The molecule has 5 N–H and O–H groups in total. The lowest BCUT2D eigenvalue weighted by Gasteiger charge is -2.17. The standard InChI is InChI=1S/C29H22ClN5O3/c30-13-17-14-35(24-12-25(36)27-19(26(17)24)7-8-31-27)29(38)23-11-16-9-18(5-6-21(16)34-23)32-28(37)22-10-15-3-1-2-4-20(15)33-22/h1-12,17,31,33-34,36H,13-14H2,(H,32,37)/t17-/m0/s1. The van der Waals surface area contributed by atoms with Crippen molar-refractivity contribution in [3.05, 3.63) is 89.9 Å². The van der Waals surface area contributed by atoms with Crippen LogP contribution in [0.3, 0.4) is 0 Å². The SMILES string of the molecule is O=C(Nc1ccc2[nH]c(C(=O)N3C[C@H](CCl)c4c3cc(O)c3[nH]ccc43)cc2c1)c1cc2ccccc2[nH]1. The van der Waals surface area contributed by atoms with Crippen LogP contribution in [0.5, 0.6) is 5.75 Å². The number of hydrogen-bond acceptors (Lipinski definition) is 3. The van der Waals surface area contributed by atoms with E-state index >= 15 is 0 Å². The number of fused-ring (bicyclic) bond motifs is 5. The normalized spacial score (nSPS) is 15.0. The summed E-state index contributed by atoms with van der Waals surface area (Å²) in [5.41, 5.74) is 5.43. The van der Waals surface area contributed by atoms with Crippen LogP contribution in [-0.2, 0) is 0 Å². The van der Waals surface area contributed by atoms with Gasteiger partial charge in [0.2, 0.25) is 0 Å². The maximum atomic E-state index is 13.6. The first-order chi connectivity index (χ1) is 18.5. The number of anilines is 2. The summed E-state index contributed by atoms with van der Waals surface area (Å²) >= 11 is 6.29. The molecule has 0 bridgehead atoms. The van der Waals surface area contributed by atoms with E-state index in [9.17, 15) is 14.7 Å². The van der Waals surface area contributed by atoms with Gasteiger partial charge in [0.15, 0.2) is 0 Å². The van der Waals surface area contributed by atoms with Gasteiger partial charge in [0.05, 0.1) is 11.2 Å². The van der Waals surface area contributed by atoms with Crippen molar-refractivity contribution in [2.75, 3.05) is 22.6 Å². The Hall–Kier alpha value is -4.69. The molecule has 1 atom stereocenters. The van der Waals surface area contributed by atoms with Crippen molar-refractivity contribution in [1.82, 2.24) is 15.0 Å². The van der Waals surface area contributed by atoms with E-state index in [1.54, 1.807) is 29.3 Å². The molecule has 7 rings (SSSR count). The molecule has 0 saturated carbocycles. The molecule has 1 aliphatic heterocycles. The Balaban J connectivity index is 1.18. The van der Waals surface area contributed by atoms with Crippen molar-refractivity contribution in [2.45, 2.75) is 5.92 Å². The van der Waals surface area contributed by atoms with Gasteiger partial charge in [-0.2, -0.15) is 0 Å². The molecule has 38 heavy (non-hydrogen) atoms. The molecule has 9 heteroatoms. The minimum atomic E-state index is -0.246. The highest BCUT2D eigenvalue weighted by molar-refractivity contribution is 6.19. The van der Waals surface area contributed by atoms with Crippen LogP contribution in [0.25, 0.3) is 32.7 Å². The predicted octanol–water partition coefficient (Wildman–Crippen LogP) is 6.07. The number of phenolic OH excluding ortho intramolecular Hbond substituents is 1. The summed E-state index contributed by atoms with van der Waals surface area (Å²) in [5, 5.41) is 16.1. The van der Waals surface area contributed by atoms with Crippen molar-refractivity contribution >= 4 is 67.5 Å². The van der Waals surface area contributed by atoms with E-state index < -0.39 is 0 Å². The number of para-hydroxylation sites is 1. The Bertz CT molecular complexity index is 1870. The lowest BCUT2D eigenvalue weighted by Crippen LogP contribution is -2.30. The molecule has 2 amide bonds. The fourth-order valence-corrected chi connectivity index (χ4v) is 5.72. The molecule has 0 spiro atoms. The van der Waals surface area contributed by atoms with Crippen molar-refractivity contribution in [3.8, 4) is 5.75 Å². The molecule has 3 aromatic heterocycles. The molecule has 1 aliphatic rings. The second kappa shape index (κ2) is 8.43. The Morgan fingerprint density at radius 1 is 0.974 bits per heavy atom. The van der Waals surface area contributed by atoms with E-state index in [1.165, 1.54) is 0 Å². The highest BCUT2D eigenvalue weighted by atomic mass is 35.5. The summed E-state index contributed by atoms with van der Waals surface area (Å²) in [6, 6.07) is 20.3. The molecule has 188 valence electrons. The van der Waals surface area contributed by atoms with Crippen molar-refractivity contribution in [2.24, 2.45) is 0 Å². The number of nitrogens with one attached hydrogen (secondary N) is 4. The van der Waals surface area contributed by atoms with E-state index in [0.717, 1.165) is 32.8 Å². The smallest absolute Gasteiger partial charge is 0.274 e. The van der Waals surface area contributed by atoms with Crippen LogP contribution in [0, 0.1) is 0 Å². The van der Waals surface area contributed by atoms with Crippen molar-refractivity contribution in [1.29, 1.82) is 0 Å². The number of carbonyl (C=O) groups excluding carboxylic acids is 2. The molecule has 3 aromatic carbocycles. The largest absolute Gasteiger partial charge is 0.506 e. The van der Waals surface area contributed by atoms with Gasteiger partial charge < -0.3 is 30.3 Å². The average molecular weight is 524 g/mol. The maximum absolute atomic E-state index is 13.6. The third kappa shape index (κ3) is 3.45. The summed E-state index contributed by atoms with van der Waals surface area (Å²) in [6.07, 6.45) is 1.77. The number of alkyl halides is 1. The molecular weight excluding hydrogens is 502 g/mol. The van der Waals surface area contributed by atoms with Crippen LogP contribution in [-0.4, -0.2) is 44.3 Å². The Kier molecular flexibility index (Phi) is 4.99. The van der Waals surface area contributed by atoms with E-state index in [4.69, 9.17) is 11.6 Å². The van der Waals surface area contributed by atoms with Gasteiger partial charge in [0, 0.05) is 63.5 Å². The molecule has 0 saturated heterocycles. The van der Waals surface area contributed by atoms with E-state index in [0.29, 0.717) is 40.7 Å². The number of hydrogen-bond donors (Lipinski definition) is 5. The zero-order valence-corrected chi connectivity index (χ0v) is 20.8. The quantitative estimate of drug-likeness (QED) is 0.180. The molecule has 0 aliphatic carbocycles. The fraction of sp³-hybridized carbons (Fsp3) is 0.103. The number of aromatic amines is 3. The summed E-state index contributed by atoms with van der Waals surface area (Å²) in [6.45, 7) is 0.419. The minimum absolute atomic E-state index is 0.0506. The fourth-order valence-electron chi connectivity index (χ4n) is 5.47. The minimum Gasteiger partial charge on any atom is -0.506 e. The summed E-state index contributed by atoms with van der Waals surface area (Å²) in [5.74, 6) is -0.0697. The van der Waals surface area contributed by atoms with Gasteiger partial charge in [0.1, 0.15) is 17.1 Å². The van der Waals surface area contributed by atoms with Crippen LogP contribution >= 0.6 is 11.6 Å². The third-order valence-electron chi connectivity index (χ3n) is 7.26. The Labute approximate surface area is 221 Å². The van der Waals surface area contributed by atoms with Gasteiger partial charge in [0.25, 0.3) is 11.8 Å². The first kappa shape index (κ1) is 22.5. The van der Waals surface area contributed by atoms with Gasteiger partial charge >= 0.3 is 0 Å². The van der Waals surface area contributed by atoms with Gasteiger partial charge in [-0.25, -0.2) is 0 Å². The highest BCUT2D eigenvalue weighted by Crippen LogP contribution is 2.45. The molecular formula is C29H22ClN5O3. The number of phenols is 1. The average Bonchev–Trinajstić information content (AvgIpc) is 3.71. The molecule has 0 unspecified atom stereocenters. The Morgan fingerprint density at radius 3 is 2.61 bits per heavy atom. The topological polar surface area (TPSA) is 117 Å².